The van der Waals surface area contributed by atoms with E-state index >= 15 is 0 Å². The molecule has 0 amide bonds. The van der Waals surface area contributed by atoms with Crippen molar-refractivity contribution in [1.29, 1.82) is 0 Å². The highest BCUT2D eigenvalue weighted by Crippen LogP contribution is 2.33. The fourth-order valence-electron chi connectivity index (χ4n) is 2.93. The minimum Gasteiger partial charge on any atom is -0.367 e. The molecule has 1 saturated carbocycles. The zero-order valence-corrected chi connectivity index (χ0v) is 14.9. The van der Waals surface area contributed by atoms with Gasteiger partial charge in [0.1, 0.15) is 16.8 Å². The van der Waals surface area contributed by atoms with Crippen LogP contribution in [-0.2, 0) is 5.41 Å². The van der Waals surface area contributed by atoms with Crippen LogP contribution in [0.3, 0.4) is 0 Å². The molecule has 1 aromatic rings. The average Bonchev–Trinajstić information content (AvgIpc) is 2.38. The van der Waals surface area contributed by atoms with Crippen LogP contribution in [0, 0.1) is 18.8 Å². The second-order valence-corrected chi connectivity index (χ2v) is 7.94. The number of nitrogens with one attached hydrogen (secondary N) is 1. The molecule has 3 nitrogen and oxygen atoms in total. The molecule has 0 spiro atoms. The van der Waals surface area contributed by atoms with Gasteiger partial charge < -0.3 is 5.32 Å². The Morgan fingerprint density at radius 3 is 2.43 bits per heavy atom. The molecule has 1 N–H and O–H groups in total. The van der Waals surface area contributed by atoms with Gasteiger partial charge in [0.25, 0.3) is 0 Å². The molecule has 0 saturated heterocycles. The van der Waals surface area contributed by atoms with Gasteiger partial charge in [0.2, 0.25) is 0 Å². The number of aromatic nitrogens is 2. The first-order valence-electron chi connectivity index (χ1n) is 8.01. The molecular formula is C17H28ClN3. The zero-order chi connectivity index (χ0) is 15.8. The van der Waals surface area contributed by atoms with E-state index in [0.717, 1.165) is 23.1 Å². The number of halogens is 1. The fourth-order valence-corrected chi connectivity index (χ4v) is 3.10. The summed E-state index contributed by atoms with van der Waals surface area (Å²) in [6.07, 6.45) is 3.82. The molecule has 1 aliphatic carbocycles. The van der Waals surface area contributed by atoms with Gasteiger partial charge in [-0.3, -0.25) is 0 Å². The Hall–Kier alpha value is -0.830. The maximum absolute atomic E-state index is 6.32. The zero-order valence-electron chi connectivity index (χ0n) is 14.1. The lowest BCUT2D eigenvalue weighted by atomic mass is 9.78. The third kappa shape index (κ3) is 3.68. The van der Waals surface area contributed by atoms with Crippen molar-refractivity contribution in [2.45, 2.75) is 72.3 Å². The molecule has 0 aliphatic heterocycles. The van der Waals surface area contributed by atoms with E-state index in [9.17, 15) is 0 Å². The van der Waals surface area contributed by atoms with E-state index in [-0.39, 0.29) is 5.41 Å². The second kappa shape index (κ2) is 6.12. The normalized spacial score (nSPS) is 26.7. The number of hydrogen-bond acceptors (Lipinski definition) is 3. The highest BCUT2D eigenvalue weighted by molar-refractivity contribution is 6.30. The van der Waals surface area contributed by atoms with Gasteiger partial charge in [0, 0.05) is 17.0 Å². The van der Waals surface area contributed by atoms with Gasteiger partial charge in [-0.05, 0) is 25.2 Å². The summed E-state index contributed by atoms with van der Waals surface area (Å²) < 4.78 is 0. The van der Waals surface area contributed by atoms with E-state index in [0.29, 0.717) is 17.1 Å². The molecule has 21 heavy (non-hydrogen) atoms. The molecule has 0 radical (unpaired) electrons. The Bertz CT molecular complexity index is 507. The van der Waals surface area contributed by atoms with E-state index in [4.69, 9.17) is 16.6 Å². The quantitative estimate of drug-likeness (QED) is 0.784. The van der Waals surface area contributed by atoms with Crippen LogP contribution in [0.15, 0.2) is 0 Å². The summed E-state index contributed by atoms with van der Waals surface area (Å²) in [5.74, 6) is 3.13. The first-order valence-corrected chi connectivity index (χ1v) is 8.39. The minimum atomic E-state index is -0.0980. The Morgan fingerprint density at radius 1 is 1.14 bits per heavy atom. The summed E-state index contributed by atoms with van der Waals surface area (Å²) in [6.45, 7) is 13.0. The second-order valence-electron chi connectivity index (χ2n) is 7.58. The van der Waals surface area contributed by atoms with E-state index in [2.05, 4.69) is 44.9 Å². The van der Waals surface area contributed by atoms with Gasteiger partial charge >= 0.3 is 0 Å². The molecular weight excluding hydrogens is 282 g/mol. The van der Waals surface area contributed by atoms with Crippen LogP contribution in [0.1, 0.15) is 65.3 Å². The van der Waals surface area contributed by atoms with E-state index in [1.165, 1.54) is 19.3 Å². The lowest BCUT2D eigenvalue weighted by Crippen LogP contribution is -2.35. The van der Waals surface area contributed by atoms with Crippen LogP contribution in [-0.4, -0.2) is 16.0 Å². The van der Waals surface area contributed by atoms with Gasteiger partial charge in [-0.25, -0.2) is 9.97 Å². The molecule has 1 heterocycles. The van der Waals surface area contributed by atoms with Crippen molar-refractivity contribution in [3.05, 3.63) is 16.5 Å². The van der Waals surface area contributed by atoms with Crippen LogP contribution in [0.4, 0.5) is 5.82 Å². The topological polar surface area (TPSA) is 37.8 Å². The summed E-state index contributed by atoms with van der Waals surface area (Å²) >= 11 is 6.32. The van der Waals surface area contributed by atoms with Crippen LogP contribution >= 0.6 is 11.6 Å². The Balaban J connectivity index is 2.29. The van der Waals surface area contributed by atoms with Crippen molar-refractivity contribution in [3.8, 4) is 0 Å². The number of nitrogens with zero attached hydrogens (tertiary/aromatic N) is 2. The first kappa shape index (κ1) is 16.5. The Labute approximate surface area is 133 Å². The van der Waals surface area contributed by atoms with Crippen LogP contribution in [0.5, 0.6) is 0 Å². The van der Waals surface area contributed by atoms with Crippen molar-refractivity contribution in [2.75, 3.05) is 5.32 Å². The summed E-state index contributed by atoms with van der Waals surface area (Å²) in [6, 6.07) is 0.478. The van der Waals surface area contributed by atoms with Gasteiger partial charge in [-0.2, -0.15) is 0 Å². The Morgan fingerprint density at radius 2 is 1.81 bits per heavy atom. The number of rotatable bonds is 2. The molecule has 4 heteroatoms. The van der Waals surface area contributed by atoms with Gasteiger partial charge in [0.15, 0.2) is 0 Å². The summed E-state index contributed by atoms with van der Waals surface area (Å²) in [7, 11) is 0. The first-order chi connectivity index (χ1) is 9.70. The van der Waals surface area contributed by atoms with Crippen molar-refractivity contribution >= 4 is 17.4 Å². The molecule has 2 rings (SSSR count). The third-order valence-electron chi connectivity index (χ3n) is 4.79. The third-order valence-corrected chi connectivity index (χ3v) is 5.15. The van der Waals surface area contributed by atoms with Crippen molar-refractivity contribution < 1.29 is 0 Å². The van der Waals surface area contributed by atoms with Gasteiger partial charge in [0.05, 0.1) is 0 Å². The Kier molecular flexibility index (Phi) is 4.82. The van der Waals surface area contributed by atoms with Crippen molar-refractivity contribution in [1.82, 2.24) is 9.97 Å². The largest absolute Gasteiger partial charge is 0.367 e. The maximum Gasteiger partial charge on any atom is 0.137 e. The van der Waals surface area contributed by atoms with Crippen molar-refractivity contribution in [3.63, 3.8) is 0 Å². The summed E-state index contributed by atoms with van der Waals surface area (Å²) in [4.78, 5) is 9.20. The smallest absolute Gasteiger partial charge is 0.137 e. The van der Waals surface area contributed by atoms with Gasteiger partial charge in [-0.15, -0.1) is 0 Å². The highest BCUT2D eigenvalue weighted by atomic mass is 35.5. The molecule has 3 unspecified atom stereocenters. The molecule has 3 atom stereocenters. The molecule has 1 aromatic heterocycles. The van der Waals surface area contributed by atoms with E-state index in [1.807, 2.05) is 6.92 Å². The number of hydrogen-bond donors (Lipinski definition) is 1. The van der Waals surface area contributed by atoms with Crippen LogP contribution in [0.25, 0.3) is 0 Å². The molecule has 1 aliphatic rings. The minimum absolute atomic E-state index is 0.0980. The average molecular weight is 310 g/mol. The van der Waals surface area contributed by atoms with Gasteiger partial charge in [-0.1, -0.05) is 59.1 Å². The van der Waals surface area contributed by atoms with Crippen LogP contribution < -0.4 is 5.32 Å². The standard InChI is InChI=1S/C17H28ClN3/c1-10-8-7-9-13(11(10)2)19-15-12(3)14(18)20-16(21-15)17(4,5)6/h10-11,13H,7-9H2,1-6H3,(H,19,20,21). The van der Waals surface area contributed by atoms with Crippen molar-refractivity contribution in [2.24, 2.45) is 11.8 Å². The summed E-state index contributed by atoms with van der Waals surface area (Å²) in [5, 5.41) is 4.21. The van der Waals surface area contributed by atoms with E-state index in [1.54, 1.807) is 0 Å². The molecule has 118 valence electrons. The monoisotopic (exact) mass is 309 g/mol. The lowest BCUT2D eigenvalue weighted by Gasteiger charge is -2.35. The predicted molar refractivity (Wildman–Crippen MR) is 90.1 cm³/mol. The maximum atomic E-state index is 6.32. The van der Waals surface area contributed by atoms with Crippen LogP contribution in [0.2, 0.25) is 5.15 Å². The molecule has 0 bridgehead atoms. The highest BCUT2D eigenvalue weighted by Gasteiger charge is 2.28. The molecule has 1 fully saturated rings. The predicted octanol–water partition coefficient (Wildman–Crippen LogP) is 4.97. The van der Waals surface area contributed by atoms with E-state index < -0.39 is 0 Å². The molecule has 0 aromatic carbocycles. The SMILES string of the molecule is Cc1c(Cl)nc(C(C)(C)C)nc1NC1CCCC(C)C1C. The fraction of sp³-hybridized carbons (Fsp3) is 0.765. The summed E-state index contributed by atoms with van der Waals surface area (Å²) in [5.41, 5.74) is 0.856. The number of anilines is 1. The lowest BCUT2D eigenvalue weighted by molar-refractivity contribution is 0.252.